The number of hydrogen-bond acceptors (Lipinski definition) is 11. The van der Waals surface area contributed by atoms with Gasteiger partial charge in [0.05, 0.1) is 26.9 Å². The van der Waals surface area contributed by atoms with Crippen molar-refractivity contribution < 1.29 is 54.8 Å². The molecule has 0 amide bonds. The van der Waals surface area contributed by atoms with Gasteiger partial charge in [0, 0.05) is 0 Å². The average molecular weight is 388 g/mol. The average Bonchev–Trinajstić information content (AvgIpc) is 2.56. The summed E-state index contributed by atoms with van der Waals surface area (Å²) < 4.78 is 8.69. The zero-order valence-corrected chi connectivity index (χ0v) is 15.7. The van der Waals surface area contributed by atoms with Gasteiger partial charge in [-0.15, -0.1) is 0 Å². The van der Waals surface area contributed by atoms with Gasteiger partial charge >= 0.3 is 11.9 Å². The molecule has 0 saturated heterocycles. The van der Waals surface area contributed by atoms with Crippen LogP contribution in [0.15, 0.2) is 0 Å². The second-order valence-corrected chi connectivity index (χ2v) is 6.06. The van der Waals surface area contributed by atoms with Crippen molar-refractivity contribution in [2.24, 2.45) is 0 Å². The molecule has 11 nitrogen and oxygen atoms in total. The van der Waals surface area contributed by atoms with Crippen LogP contribution >= 0.6 is 0 Å². The number of aliphatic hydroxyl groups excluding tert-OH is 5. The van der Waals surface area contributed by atoms with E-state index < -0.39 is 42.0 Å². The van der Waals surface area contributed by atoms with Crippen LogP contribution in [0.3, 0.4) is 0 Å². The molecule has 7 N–H and O–H groups in total. The highest BCUT2D eigenvalue weighted by Gasteiger charge is 2.26. The minimum Gasteiger partial charge on any atom is -0.467 e. The van der Waals surface area contributed by atoms with Gasteiger partial charge in [-0.1, -0.05) is 0 Å². The summed E-state index contributed by atoms with van der Waals surface area (Å²) in [6.07, 6.45) is -2.04. The minimum absolute atomic E-state index is 0.306. The third-order valence-electron chi connectivity index (χ3n) is 2.22. The van der Waals surface area contributed by atoms with Gasteiger partial charge in [-0.3, -0.25) is 0 Å². The molecule has 26 heavy (non-hydrogen) atoms. The minimum atomic E-state index is -1.56. The van der Waals surface area contributed by atoms with Crippen LogP contribution in [0.2, 0.25) is 0 Å². The van der Waals surface area contributed by atoms with E-state index in [9.17, 15) is 9.59 Å². The molecule has 0 heterocycles. The number of esters is 2. The third kappa shape index (κ3) is 19.0. The fourth-order valence-electron chi connectivity index (χ4n) is 0.709. The van der Waals surface area contributed by atoms with Crippen molar-refractivity contribution in [3.63, 3.8) is 0 Å². The van der Waals surface area contributed by atoms with Crippen LogP contribution in [0.25, 0.3) is 0 Å². The molecule has 0 aromatic rings. The van der Waals surface area contributed by atoms with Gasteiger partial charge in [0.2, 0.25) is 0 Å². The van der Waals surface area contributed by atoms with Crippen LogP contribution < -0.4 is 0 Å². The SMILES string of the molecule is CC(C)(O)C(=O)OCC(O)CO.COC(=O)C(C)(C)O.OCC(O)CO. The fraction of sp³-hybridized carbons (Fsp3) is 0.867. The number of ether oxygens (including phenoxy) is 2. The van der Waals surface area contributed by atoms with Crippen LogP contribution in [0.5, 0.6) is 0 Å². The Morgan fingerprint density at radius 3 is 1.31 bits per heavy atom. The molecule has 0 fully saturated rings. The topological polar surface area (TPSA) is 194 Å². The van der Waals surface area contributed by atoms with Crippen molar-refractivity contribution in [1.29, 1.82) is 0 Å². The fourth-order valence-corrected chi connectivity index (χ4v) is 0.709. The molecular formula is C15H32O11. The largest absolute Gasteiger partial charge is 0.467 e. The van der Waals surface area contributed by atoms with E-state index in [1.165, 1.54) is 34.8 Å². The first kappa shape index (κ1) is 29.4. The van der Waals surface area contributed by atoms with Crippen LogP contribution in [-0.2, 0) is 19.1 Å². The Balaban J connectivity index is -0.000000328. The van der Waals surface area contributed by atoms with Crippen LogP contribution in [0.4, 0.5) is 0 Å². The van der Waals surface area contributed by atoms with Crippen molar-refractivity contribution in [2.75, 3.05) is 33.5 Å². The number of hydrogen-bond donors (Lipinski definition) is 7. The monoisotopic (exact) mass is 388 g/mol. The van der Waals surface area contributed by atoms with Crippen molar-refractivity contribution in [2.45, 2.75) is 51.1 Å². The Labute approximate surface area is 152 Å². The van der Waals surface area contributed by atoms with E-state index in [1.54, 1.807) is 0 Å². The van der Waals surface area contributed by atoms with Crippen molar-refractivity contribution in [3.05, 3.63) is 0 Å². The van der Waals surface area contributed by atoms with Gasteiger partial charge in [0.1, 0.15) is 18.8 Å². The molecule has 0 bridgehead atoms. The zero-order valence-electron chi connectivity index (χ0n) is 15.7. The Bertz CT molecular complexity index is 367. The van der Waals surface area contributed by atoms with Crippen LogP contribution in [-0.4, -0.2) is 105 Å². The maximum absolute atomic E-state index is 10.8. The maximum atomic E-state index is 10.8. The number of carbonyl (C=O) groups excluding carboxylic acids is 2. The van der Waals surface area contributed by atoms with Gasteiger partial charge in [0.25, 0.3) is 0 Å². The van der Waals surface area contributed by atoms with Gasteiger partial charge in [0.15, 0.2) is 11.2 Å². The van der Waals surface area contributed by atoms with E-state index in [4.69, 9.17) is 35.7 Å². The molecule has 0 aliphatic heterocycles. The first-order valence-corrected chi connectivity index (χ1v) is 7.56. The summed E-state index contributed by atoms with van der Waals surface area (Å²) in [5.74, 6) is -1.44. The summed E-state index contributed by atoms with van der Waals surface area (Å²) in [5, 5.41) is 59.0. The summed E-state index contributed by atoms with van der Waals surface area (Å²) in [5.41, 5.74) is -2.91. The molecule has 1 atom stereocenters. The molecule has 0 aliphatic carbocycles. The standard InChI is InChI=1S/C7H14O5.C5H10O3.C3H8O3/c1-7(2,11)6(10)12-4-5(9)3-8;1-5(2,7)4(6)8-3;4-1-3(6)2-5/h5,8-9,11H,3-4H2,1-2H3;7H,1-3H3;3-6H,1-2H2. The number of carbonyl (C=O) groups is 2. The second-order valence-electron chi connectivity index (χ2n) is 6.06. The van der Waals surface area contributed by atoms with Crippen LogP contribution in [0, 0.1) is 0 Å². The Hall–Kier alpha value is -1.34. The highest BCUT2D eigenvalue weighted by Crippen LogP contribution is 2.03. The predicted octanol–water partition coefficient (Wildman–Crippen LogP) is -3.08. The van der Waals surface area contributed by atoms with Gasteiger partial charge in [-0.2, -0.15) is 0 Å². The molecule has 0 aromatic carbocycles. The van der Waals surface area contributed by atoms with Crippen molar-refractivity contribution in [3.8, 4) is 0 Å². The summed E-state index contributed by atoms with van der Waals surface area (Å²) in [6.45, 7) is 3.80. The smallest absolute Gasteiger partial charge is 0.337 e. The summed E-state index contributed by atoms with van der Waals surface area (Å²) >= 11 is 0. The summed E-state index contributed by atoms with van der Waals surface area (Å²) in [6, 6.07) is 0. The lowest BCUT2D eigenvalue weighted by atomic mass is 10.1. The van der Waals surface area contributed by atoms with Crippen LogP contribution in [0.1, 0.15) is 27.7 Å². The van der Waals surface area contributed by atoms with Gasteiger partial charge < -0.3 is 45.2 Å². The number of rotatable bonds is 7. The quantitative estimate of drug-likeness (QED) is 0.218. The van der Waals surface area contributed by atoms with Crippen molar-refractivity contribution in [1.82, 2.24) is 0 Å². The molecular weight excluding hydrogens is 356 g/mol. The highest BCUT2D eigenvalue weighted by molar-refractivity contribution is 5.78. The Morgan fingerprint density at radius 1 is 0.808 bits per heavy atom. The lowest BCUT2D eigenvalue weighted by molar-refractivity contribution is -0.165. The molecule has 0 aromatic heterocycles. The molecule has 0 saturated carbocycles. The second kappa shape index (κ2) is 14.8. The third-order valence-corrected chi connectivity index (χ3v) is 2.22. The highest BCUT2D eigenvalue weighted by atomic mass is 16.6. The van der Waals surface area contributed by atoms with E-state index in [0.29, 0.717) is 0 Å². The Morgan fingerprint density at radius 2 is 1.15 bits per heavy atom. The number of methoxy groups -OCH3 is 1. The zero-order chi connectivity index (χ0) is 21.6. The first-order valence-electron chi connectivity index (χ1n) is 7.56. The van der Waals surface area contributed by atoms with E-state index in [2.05, 4.69) is 9.47 Å². The summed E-state index contributed by atoms with van der Waals surface area (Å²) in [4.78, 5) is 21.2. The number of aliphatic hydroxyl groups is 7. The maximum Gasteiger partial charge on any atom is 0.337 e. The normalized spacial score (nSPS) is 12.2. The molecule has 11 heteroatoms. The van der Waals surface area contributed by atoms with E-state index in [-0.39, 0.29) is 19.8 Å². The van der Waals surface area contributed by atoms with E-state index >= 15 is 0 Å². The molecule has 0 radical (unpaired) electrons. The molecule has 158 valence electrons. The van der Waals surface area contributed by atoms with Gasteiger partial charge in [-0.05, 0) is 27.7 Å². The molecule has 0 aliphatic rings. The summed E-state index contributed by atoms with van der Waals surface area (Å²) in [7, 11) is 1.24. The lowest BCUT2D eigenvalue weighted by Crippen LogP contribution is -2.35. The first-order chi connectivity index (χ1) is 11.7. The molecule has 1 unspecified atom stereocenters. The van der Waals surface area contributed by atoms with E-state index in [0.717, 1.165) is 0 Å². The van der Waals surface area contributed by atoms with Crippen molar-refractivity contribution >= 4 is 11.9 Å². The van der Waals surface area contributed by atoms with Gasteiger partial charge in [-0.25, -0.2) is 9.59 Å². The van der Waals surface area contributed by atoms with E-state index in [1.807, 2.05) is 0 Å². The lowest BCUT2D eigenvalue weighted by Gasteiger charge is -2.16. The Kier molecular flexibility index (Phi) is 16.7. The predicted molar refractivity (Wildman–Crippen MR) is 88.8 cm³/mol. The molecule has 0 spiro atoms. The molecule has 0 rings (SSSR count).